The molecule has 1 N–H and O–H groups in total. The molecule has 9 nitrogen and oxygen atoms in total. The second-order valence-corrected chi connectivity index (χ2v) is 11.7. The van der Waals surface area contributed by atoms with Crippen LogP contribution in [0.15, 0.2) is 47.2 Å². The van der Waals surface area contributed by atoms with Crippen LogP contribution < -0.4 is 0 Å². The number of methoxy groups -OCH3 is 1. The second kappa shape index (κ2) is 10.8. The van der Waals surface area contributed by atoms with Gasteiger partial charge in [-0.3, -0.25) is 9.78 Å². The number of aromatic nitrogens is 3. The van der Waals surface area contributed by atoms with Gasteiger partial charge in [-0.1, -0.05) is 50.2 Å². The average Bonchev–Trinajstić information content (AvgIpc) is 3.43. The number of nitrogens with zero attached hydrogens (tertiary/aromatic N) is 5. The molecule has 0 radical (unpaired) electrons. The fourth-order valence-electron chi connectivity index (χ4n) is 6.22. The number of likely N-dealkylation sites (tertiary alicyclic amines) is 2. The van der Waals surface area contributed by atoms with Crippen molar-refractivity contribution >= 4 is 5.91 Å². The van der Waals surface area contributed by atoms with E-state index in [1.165, 1.54) is 12.7 Å². The number of ether oxygens (including phenoxy) is 1. The van der Waals surface area contributed by atoms with Crippen molar-refractivity contribution in [3.8, 4) is 11.5 Å². The number of aliphatic hydroxyl groups is 1. The second-order valence-electron chi connectivity index (χ2n) is 11.7. The fraction of sp³-hybridized carbons (Fsp3) is 0.533. The largest absolute Gasteiger partial charge is 0.380 e. The lowest BCUT2D eigenvalue weighted by Gasteiger charge is -2.55. The Morgan fingerprint density at radius 2 is 1.87 bits per heavy atom. The number of amides is 1. The van der Waals surface area contributed by atoms with Gasteiger partial charge in [0.05, 0.1) is 5.56 Å². The fourth-order valence-corrected chi connectivity index (χ4v) is 6.22. The van der Waals surface area contributed by atoms with E-state index in [4.69, 9.17) is 14.2 Å². The quantitative estimate of drug-likeness (QED) is 0.466. The number of benzene rings is 1. The Morgan fingerprint density at radius 3 is 2.49 bits per heavy atom. The van der Waals surface area contributed by atoms with Crippen LogP contribution in [0.5, 0.6) is 0 Å². The summed E-state index contributed by atoms with van der Waals surface area (Å²) in [6.45, 7) is 9.37. The van der Waals surface area contributed by atoms with E-state index in [1.54, 1.807) is 12.4 Å². The number of piperidine rings is 1. The standard InChI is InChI=1S/C30H39N5O4/c1-20(2)21-6-8-24(9-7-21)30(37,29(3)18-34(4)19-29)25-14-23(15-31-16-25)28-32-27(33-39-28)22-10-12-35(13-11-22)26(36)17-38-5/h6-9,14-16,20,22,37H,10-13,17-19H2,1-5H3/t30-/m0/s1. The van der Waals surface area contributed by atoms with Gasteiger partial charge in [0.2, 0.25) is 5.91 Å². The summed E-state index contributed by atoms with van der Waals surface area (Å²) >= 11 is 0. The maximum absolute atomic E-state index is 12.5. The minimum Gasteiger partial charge on any atom is -0.380 e. The first-order valence-corrected chi connectivity index (χ1v) is 13.7. The molecular weight excluding hydrogens is 494 g/mol. The lowest BCUT2D eigenvalue weighted by Crippen LogP contribution is -2.63. The zero-order valence-corrected chi connectivity index (χ0v) is 23.6. The molecule has 39 heavy (non-hydrogen) atoms. The predicted molar refractivity (Wildman–Crippen MR) is 147 cm³/mol. The molecule has 4 heterocycles. The van der Waals surface area contributed by atoms with Crippen LogP contribution in [0.3, 0.4) is 0 Å². The van der Waals surface area contributed by atoms with Crippen LogP contribution in [-0.4, -0.2) is 82.9 Å². The minimum atomic E-state index is -1.25. The third-order valence-electron chi connectivity index (χ3n) is 8.43. The van der Waals surface area contributed by atoms with Crippen molar-refractivity contribution < 1.29 is 19.2 Å². The summed E-state index contributed by atoms with van der Waals surface area (Å²) in [5, 5.41) is 16.8. The highest BCUT2D eigenvalue weighted by Crippen LogP contribution is 2.50. The summed E-state index contributed by atoms with van der Waals surface area (Å²) in [5.41, 5.74) is 1.82. The van der Waals surface area contributed by atoms with Gasteiger partial charge in [0.1, 0.15) is 12.2 Å². The van der Waals surface area contributed by atoms with Gasteiger partial charge in [0.25, 0.3) is 5.89 Å². The topological polar surface area (TPSA) is 105 Å². The third kappa shape index (κ3) is 5.11. The van der Waals surface area contributed by atoms with Gasteiger partial charge < -0.3 is 24.2 Å². The Labute approximate surface area is 230 Å². The summed E-state index contributed by atoms with van der Waals surface area (Å²) in [6, 6.07) is 10.2. The summed E-state index contributed by atoms with van der Waals surface area (Å²) in [4.78, 5) is 25.4. The van der Waals surface area contributed by atoms with Gasteiger partial charge in [0, 0.05) is 62.6 Å². The van der Waals surface area contributed by atoms with Crippen molar-refractivity contribution in [2.45, 2.75) is 51.0 Å². The van der Waals surface area contributed by atoms with E-state index in [-0.39, 0.29) is 18.4 Å². The third-order valence-corrected chi connectivity index (χ3v) is 8.43. The van der Waals surface area contributed by atoms with Crippen molar-refractivity contribution in [2.75, 3.05) is 46.9 Å². The summed E-state index contributed by atoms with van der Waals surface area (Å²) in [7, 11) is 3.60. The van der Waals surface area contributed by atoms with Crippen molar-refractivity contribution in [3.05, 3.63) is 65.2 Å². The van der Waals surface area contributed by atoms with Gasteiger partial charge >= 0.3 is 0 Å². The zero-order valence-electron chi connectivity index (χ0n) is 23.6. The Hall–Kier alpha value is -3.14. The highest BCUT2D eigenvalue weighted by Gasteiger charge is 2.55. The van der Waals surface area contributed by atoms with E-state index >= 15 is 0 Å². The lowest BCUT2D eigenvalue weighted by atomic mass is 9.62. The van der Waals surface area contributed by atoms with Crippen molar-refractivity contribution in [1.29, 1.82) is 0 Å². The molecular formula is C30H39N5O4. The van der Waals surface area contributed by atoms with E-state index in [2.05, 4.69) is 55.0 Å². The molecule has 0 bridgehead atoms. The first kappa shape index (κ1) is 27.4. The Kier molecular flexibility index (Phi) is 7.59. The van der Waals surface area contributed by atoms with Crippen molar-refractivity contribution in [1.82, 2.24) is 24.9 Å². The molecule has 0 spiro atoms. The smallest absolute Gasteiger partial charge is 0.259 e. The van der Waals surface area contributed by atoms with Gasteiger partial charge in [0.15, 0.2) is 5.82 Å². The maximum atomic E-state index is 12.5. The van der Waals surface area contributed by atoms with Crippen LogP contribution in [-0.2, 0) is 15.1 Å². The van der Waals surface area contributed by atoms with E-state index in [9.17, 15) is 9.90 Å². The Balaban J connectivity index is 1.41. The number of hydrogen-bond acceptors (Lipinski definition) is 8. The molecule has 2 aliphatic rings. The van der Waals surface area contributed by atoms with Crippen LogP contribution in [0.25, 0.3) is 11.5 Å². The van der Waals surface area contributed by atoms with Crippen LogP contribution in [0.4, 0.5) is 0 Å². The zero-order chi connectivity index (χ0) is 27.8. The normalized spacial score (nSPS) is 19.6. The molecule has 3 aromatic rings. The highest BCUT2D eigenvalue weighted by molar-refractivity contribution is 5.77. The van der Waals surface area contributed by atoms with E-state index in [1.807, 2.05) is 23.1 Å². The predicted octanol–water partition coefficient (Wildman–Crippen LogP) is 3.80. The number of hydrogen-bond donors (Lipinski definition) is 1. The van der Waals surface area contributed by atoms with Crippen LogP contribution in [0.1, 0.15) is 68.0 Å². The first-order valence-electron chi connectivity index (χ1n) is 13.7. The Morgan fingerprint density at radius 1 is 1.18 bits per heavy atom. The minimum absolute atomic E-state index is 0.00493. The molecule has 0 saturated carbocycles. The number of rotatable bonds is 8. The number of carbonyl (C=O) groups excluding carboxylic acids is 1. The molecule has 2 aliphatic heterocycles. The van der Waals surface area contributed by atoms with Crippen LogP contribution >= 0.6 is 0 Å². The summed E-state index contributed by atoms with van der Waals surface area (Å²) < 4.78 is 10.7. The molecule has 2 fully saturated rings. The molecule has 1 aromatic carbocycles. The molecule has 5 rings (SSSR count). The molecule has 208 valence electrons. The Bertz CT molecular complexity index is 1290. The molecule has 1 amide bonds. The molecule has 2 saturated heterocycles. The molecule has 9 heteroatoms. The maximum Gasteiger partial charge on any atom is 0.259 e. The van der Waals surface area contributed by atoms with E-state index < -0.39 is 11.0 Å². The van der Waals surface area contributed by atoms with Gasteiger partial charge in [-0.25, -0.2) is 0 Å². The molecule has 1 atom stereocenters. The summed E-state index contributed by atoms with van der Waals surface area (Å²) in [6.07, 6.45) is 4.98. The first-order chi connectivity index (χ1) is 18.6. The van der Waals surface area contributed by atoms with Crippen molar-refractivity contribution in [3.63, 3.8) is 0 Å². The van der Waals surface area contributed by atoms with Gasteiger partial charge in [-0.05, 0) is 43.0 Å². The summed E-state index contributed by atoms with van der Waals surface area (Å²) in [5.74, 6) is 1.55. The van der Waals surface area contributed by atoms with Gasteiger partial charge in [-0.2, -0.15) is 4.98 Å². The monoisotopic (exact) mass is 533 g/mol. The van der Waals surface area contributed by atoms with Gasteiger partial charge in [-0.15, -0.1) is 0 Å². The SMILES string of the molecule is COCC(=O)N1CCC(c2noc(-c3cncc([C@@](O)(c4ccc(C(C)C)cc4)C4(C)CN(C)C4)c3)n2)CC1. The average molecular weight is 534 g/mol. The van der Waals surface area contributed by atoms with E-state index in [0.717, 1.165) is 31.5 Å². The van der Waals surface area contributed by atoms with Crippen LogP contribution in [0.2, 0.25) is 0 Å². The van der Waals surface area contributed by atoms with Crippen LogP contribution in [0, 0.1) is 5.41 Å². The number of carbonyl (C=O) groups is 1. The number of pyridine rings is 1. The molecule has 0 aliphatic carbocycles. The highest BCUT2D eigenvalue weighted by atomic mass is 16.5. The van der Waals surface area contributed by atoms with E-state index in [0.29, 0.717) is 41.8 Å². The van der Waals surface area contributed by atoms with Crippen molar-refractivity contribution in [2.24, 2.45) is 5.41 Å². The molecule has 0 unspecified atom stereocenters. The lowest BCUT2D eigenvalue weighted by molar-refractivity contribution is -0.136. The molecule has 2 aromatic heterocycles.